The zero-order valence-electron chi connectivity index (χ0n) is 11.5. The van der Waals surface area contributed by atoms with Gasteiger partial charge in [-0.25, -0.2) is 0 Å². The quantitative estimate of drug-likeness (QED) is 0.806. The molecule has 2 aromatic rings. The molecule has 0 bridgehead atoms. The minimum Gasteiger partial charge on any atom is -0.493 e. The molecule has 1 aromatic heterocycles. The topological polar surface area (TPSA) is 53.4 Å². The highest BCUT2D eigenvalue weighted by atomic mass is 19.4. The van der Waals surface area contributed by atoms with Gasteiger partial charge in [0.2, 0.25) is 0 Å². The van der Waals surface area contributed by atoms with E-state index in [2.05, 4.69) is 9.84 Å². The lowest BCUT2D eigenvalue weighted by molar-refractivity contribution is -0.139. The third-order valence-corrected chi connectivity index (χ3v) is 2.76. The molecule has 0 saturated heterocycles. The molecule has 0 aliphatic rings. The van der Waals surface area contributed by atoms with Crippen LogP contribution in [0.15, 0.2) is 35.3 Å². The van der Waals surface area contributed by atoms with Crippen molar-refractivity contribution >= 4 is 0 Å². The van der Waals surface area contributed by atoms with Crippen LogP contribution in [0.25, 0.3) is 5.69 Å². The van der Waals surface area contributed by atoms with Gasteiger partial charge in [0.25, 0.3) is 5.56 Å². The summed E-state index contributed by atoms with van der Waals surface area (Å²) in [6.45, 7) is -3.27. The SMILES string of the molecule is COc1cccc(-n2nccc(C(F)(F)F)c2=O)c1OC(F)F. The van der Waals surface area contributed by atoms with E-state index in [1.807, 2.05) is 0 Å². The summed E-state index contributed by atoms with van der Waals surface area (Å²) in [5, 5.41) is 3.49. The second-order valence-corrected chi connectivity index (χ2v) is 4.15. The zero-order valence-corrected chi connectivity index (χ0v) is 11.5. The van der Waals surface area contributed by atoms with E-state index in [4.69, 9.17) is 4.74 Å². The molecule has 0 fully saturated rings. The maximum atomic E-state index is 12.8. The number of alkyl halides is 5. The number of hydrogen-bond donors (Lipinski definition) is 0. The summed E-state index contributed by atoms with van der Waals surface area (Å²) in [6, 6.07) is 4.14. The van der Waals surface area contributed by atoms with Gasteiger partial charge >= 0.3 is 12.8 Å². The summed E-state index contributed by atoms with van der Waals surface area (Å²) < 4.78 is 72.8. The smallest absolute Gasteiger partial charge is 0.421 e. The van der Waals surface area contributed by atoms with E-state index < -0.39 is 35.3 Å². The summed E-state index contributed by atoms with van der Waals surface area (Å²) in [5.41, 5.74) is -3.41. The molecule has 0 N–H and O–H groups in total. The lowest BCUT2D eigenvalue weighted by Gasteiger charge is -2.15. The summed E-state index contributed by atoms with van der Waals surface area (Å²) >= 11 is 0. The number of halogens is 5. The number of hydrogen-bond acceptors (Lipinski definition) is 4. The number of benzene rings is 1. The van der Waals surface area contributed by atoms with Gasteiger partial charge in [-0.15, -0.1) is 0 Å². The van der Waals surface area contributed by atoms with Crippen molar-refractivity contribution in [1.82, 2.24) is 9.78 Å². The molecular formula is C13H9F5N2O3. The number of methoxy groups -OCH3 is 1. The second-order valence-electron chi connectivity index (χ2n) is 4.15. The fraction of sp³-hybridized carbons (Fsp3) is 0.231. The Labute approximate surface area is 125 Å². The van der Waals surface area contributed by atoms with E-state index >= 15 is 0 Å². The molecule has 5 nitrogen and oxygen atoms in total. The van der Waals surface area contributed by atoms with Crippen molar-refractivity contribution in [1.29, 1.82) is 0 Å². The van der Waals surface area contributed by atoms with Crippen molar-refractivity contribution in [3.8, 4) is 17.2 Å². The molecule has 0 spiro atoms. The first-order chi connectivity index (χ1) is 10.8. The Kier molecular flexibility index (Phi) is 4.52. The van der Waals surface area contributed by atoms with E-state index in [9.17, 15) is 26.7 Å². The number of rotatable bonds is 4. The van der Waals surface area contributed by atoms with Crippen LogP contribution in [0.4, 0.5) is 22.0 Å². The van der Waals surface area contributed by atoms with Crippen LogP contribution in [0.2, 0.25) is 0 Å². The maximum absolute atomic E-state index is 12.8. The standard InChI is InChI=1S/C13H9F5N2O3/c1-22-9-4-2-3-8(10(9)23-12(14)15)20-11(21)7(5-6-19-20)13(16,17)18/h2-6,12H,1H3. The Balaban J connectivity index is 2.70. The average molecular weight is 336 g/mol. The highest BCUT2D eigenvalue weighted by molar-refractivity contribution is 5.55. The molecule has 0 atom stereocenters. The van der Waals surface area contributed by atoms with Gasteiger partial charge in [-0.3, -0.25) is 4.79 Å². The monoisotopic (exact) mass is 336 g/mol. The molecule has 0 saturated carbocycles. The molecule has 124 valence electrons. The maximum Gasteiger partial charge on any atom is 0.421 e. The minimum absolute atomic E-state index is 0.186. The molecule has 23 heavy (non-hydrogen) atoms. The summed E-state index contributed by atoms with van der Waals surface area (Å²) in [5.74, 6) is -0.784. The van der Waals surface area contributed by atoms with Crippen LogP contribution >= 0.6 is 0 Å². The van der Waals surface area contributed by atoms with Crippen LogP contribution in [0, 0.1) is 0 Å². The first-order valence-electron chi connectivity index (χ1n) is 6.03. The van der Waals surface area contributed by atoms with E-state index in [-0.39, 0.29) is 5.75 Å². The predicted octanol–water partition coefficient (Wildman–Crippen LogP) is 2.86. The summed E-state index contributed by atoms with van der Waals surface area (Å²) in [6.07, 6.45) is -4.18. The number of para-hydroxylation sites is 1. The molecule has 1 aromatic carbocycles. The lowest BCUT2D eigenvalue weighted by Crippen LogP contribution is -2.29. The molecule has 0 aliphatic heterocycles. The minimum atomic E-state index is -4.91. The van der Waals surface area contributed by atoms with Gasteiger partial charge in [0.05, 0.1) is 7.11 Å². The Morgan fingerprint density at radius 2 is 1.91 bits per heavy atom. The Morgan fingerprint density at radius 1 is 1.22 bits per heavy atom. The summed E-state index contributed by atoms with van der Waals surface area (Å²) in [4.78, 5) is 12.0. The van der Waals surface area contributed by atoms with Gasteiger partial charge in [-0.05, 0) is 18.2 Å². The molecule has 0 aliphatic carbocycles. The van der Waals surface area contributed by atoms with Crippen molar-refractivity contribution in [3.63, 3.8) is 0 Å². The van der Waals surface area contributed by atoms with Crippen molar-refractivity contribution in [2.24, 2.45) is 0 Å². The Bertz CT molecular complexity index is 758. The van der Waals surface area contributed by atoms with Crippen LogP contribution < -0.4 is 15.0 Å². The van der Waals surface area contributed by atoms with Crippen LogP contribution in [0.1, 0.15) is 5.56 Å². The second kappa shape index (κ2) is 6.23. The molecule has 0 amide bonds. The third-order valence-electron chi connectivity index (χ3n) is 2.76. The van der Waals surface area contributed by atoms with E-state index in [0.29, 0.717) is 10.7 Å². The van der Waals surface area contributed by atoms with Gasteiger partial charge < -0.3 is 9.47 Å². The molecule has 2 rings (SSSR count). The van der Waals surface area contributed by atoms with E-state index in [1.54, 1.807) is 0 Å². The van der Waals surface area contributed by atoms with Crippen LogP contribution in [0.5, 0.6) is 11.5 Å². The normalized spacial score (nSPS) is 11.6. The molecule has 10 heteroatoms. The van der Waals surface area contributed by atoms with Crippen LogP contribution in [0.3, 0.4) is 0 Å². The van der Waals surface area contributed by atoms with Gasteiger partial charge in [0, 0.05) is 6.20 Å². The Morgan fingerprint density at radius 3 is 2.48 bits per heavy atom. The van der Waals surface area contributed by atoms with E-state index in [1.165, 1.54) is 12.1 Å². The third kappa shape index (κ3) is 3.41. The highest BCUT2D eigenvalue weighted by Crippen LogP contribution is 2.34. The fourth-order valence-corrected chi connectivity index (χ4v) is 1.84. The van der Waals surface area contributed by atoms with E-state index in [0.717, 1.165) is 19.4 Å². The van der Waals surface area contributed by atoms with Gasteiger partial charge in [0.1, 0.15) is 11.3 Å². The van der Waals surface area contributed by atoms with Gasteiger partial charge in [-0.1, -0.05) is 6.07 Å². The summed E-state index contributed by atoms with van der Waals surface area (Å²) in [7, 11) is 1.15. The van der Waals surface area contributed by atoms with Crippen molar-refractivity contribution in [2.75, 3.05) is 7.11 Å². The largest absolute Gasteiger partial charge is 0.493 e. The number of nitrogens with zero attached hydrogens (tertiary/aromatic N) is 2. The van der Waals surface area contributed by atoms with Crippen molar-refractivity contribution in [3.05, 3.63) is 46.4 Å². The zero-order chi connectivity index (χ0) is 17.2. The number of ether oxygens (including phenoxy) is 2. The first-order valence-corrected chi connectivity index (χ1v) is 6.03. The average Bonchev–Trinajstić information content (AvgIpc) is 2.46. The van der Waals surface area contributed by atoms with Gasteiger partial charge in [0.15, 0.2) is 11.5 Å². The molecule has 1 heterocycles. The molecule has 0 radical (unpaired) electrons. The van der Waals surface area contributed by atoms with Crippen molar-refractivity contribution in [2.45, 2.75) is 12.8 Å². The predicted molar refractivity (Wildman–Crippen MR) is 68.0 cm³/mol. The Hall–Kier alpha value is -2.65. The first kappa shape index (κ1) is 16.7. The highest BCUT2D eigenvalue weighted by Gasteiger charge is 2.35. The number of aromatic nitrogens is 2. The lowest BCUT2D eigenvalue weighted by atomic mass is 10.2. The van der Waals surface area contributed by atoms with Crippen LogP contribution in [-0.4, -0.2) is 23.5 Å². The van der Waals surface area contributed by atoms with Crippen LogP contribution in [-0.2, 0) is 6.18 Å². The van der Waals surface area contributed by atoms with Crippen molar-refractivity contribution < 1.29 is 31.4 Å². The molecular weight excluding hydrogens is 327 g/mol. The fourth-order valence-electron chi connectivity index (χ4n) is 1.84. The van der Waals surface area contributed by atoms with Gasteiger partial charge in [-0.2, -0.15) is 31.7 Å². The molecule has 0 unspecified atom stereocenters.